The number of nitrogens with zero attached hydrogens (tertiary/aromatic N) is 1. The molecule has 23 heavy (non-hydrogen) atoms. The van der Waals surface area contributed by atoms with Gasteiger partial charge in [0.15, 0.2) is 23.1 Å². The third-order valence-electron chi connectivity index (χ3n) is 3.15. The Balaban J connectivity index is 2.01. The number of para-hydroxylation sites is 1. The van der Waals surface area contributed by atoms with Gasteiger partial charge in [-0.05, 0) is 29.8 Å². The first kappa shape index (κ1) is 16.6. The van der Waals surface area contributed by atoms with Gasteiger partial charge in [0.2, 0.25) is 0 Å². The summed E-state index contributed by atoms with van der Waals surface area (Å²) >= 11 is 0. The van der Waals surface area contributed by atoms with Crippen LogP contribution in [0.4, 0.5) is 4.39 Å². The number of hydrogen-bond donors (Lipinski definition) is 0. The summed E-state index contributed by atoms with van der Waals surface area (Å²) in [5.74, 6) is 0.928. The van der Waals surface area contributed by atoms with Crippen molar-refractivity contribution in [2.75, 3.05) is 21.3 Å². The minimum atomic E-state index is -0.438. The van der Waals surface area contributed by atoms with Crippen LogP contribution in [0.1, 0.15) is 11.1 Å². The Bertz CT molecular complexity index is 688. The van der Waals surface area contributed by atoms with Gasteiger partial charge in [-0.2, -0.15) is 0 Å². The molecule has 0 aliphatic carbocycles. The summed E-state index contributed by atoms with van der Waals surface area (Å²) in [6, 6.07) is 10.0. The quantitative estimate of drug-likeness (QED) is 0.580. The van der Waals surface area contributed by atoms with Crippen molar-refractivity contribution in [3.63, 3.8) is 0 Å². The number of oxime groups is 1. The van der Waals surface area contributed by atoms with E-state index in [1.807, 2.05) is 12.1 Å². The van der Waals surface area contributed by atoms with Crippen molar-refractivity contribution in [1.29, 1.82) is 0 Å². The van der Waals surface area contributed by atoms with Crippen molar-refractivity contribution < 1.29 is 23.4 Å². The van der Waals surface area contributed by atoms with Gasteiger partial charge >= 0.3 is 0 Å². The summed E-state index contributed by atoms with van der Waals surface area (Å²) in [5, 5.41) is 3.88. The molecule has 122 valence electrons. The number of halogens is 1. The molecular weight excluding hydrogens is 301 g/mol. The van der Waals surface area contributed by atoms with Gasteiger partial charge in [-0.1, -0.05) is 17.3 Å². The van der Waals surface area contributed by atoms with Gasteiger partial charge in [0.1, 0.15) is 6.61 Å². The molecule has 0 heterocycles. The van der Waals surface area contributed by atoms with E-state index >= 15 is 0 Å². The van der Waals surface area contributed by atoms with Crippen LogP contribution < -0.4 is 14.2 Å². The van der Waals surface area contributed by atoms with Gasteiger partial charge < -0.3 is 19.0 Å². The Labute approximate surface area is 134 Å². The molecule has 2 aromatic rings. The molecule has 0 unspecified atom stereocenters. The maximum absolute atomic E-state index is 13.6. The van der Waals surface area contributed by atoms with Crippen LogP contribution in [0.15, 0.2) is 41.6 Å². The van der Waals surface area contributed by atoms with Crippen molar-refractivity contribution in [3.05, 3.63) is 53.3 Å². The Morgan fingerprint density at radius 2 is 1.78 bits per heavy atom. The van der Waals surface area contributed by atoms with Gasteiger partial charge in [-0.25, -0.2) is 4.39 Å². The highest BCUT2D eigenvalue weighted by Gasteiger charge is 2.07. The Morgan fingerprint density at radius 1 is 1.00 bits per heavy atom. The second-order valence-electron chi connectivity index (χ2n) is 4.56. The van der Waals surface area contributed by atoms with E-state index in [2.05, 4.69) is 5.16 Å². The van der Waals surface area contributed by atoms with Crippen molar-refractivity contribution >= 4 is 6.21 Å². The van der Waals surface area contributed by atoms with Crippen LogP contribution in [0, 0.1) is 5.82 Å². The fourth-order valence-electron chi connectivity index (χ4n) is 2.02. The molecule has 0 N–H and O–H groups in total. The number of rotatable bonds is 7. The molecule has 0 spiro atoms. The van der Waals surface area contributed by atoms with Gasteiger partial charge in [0.05, 0.1) is 27.5 Å². The monoisotopic (exact) mass is 319 g/mol. The van der Waals surface area contributed by atoms with E-state index in [4.69, 9.17) is 19.0 Å². The van der Waals surface area contributed by atoms with Crippen molar-refractivity contribution in [2.24, 2.45) is 5.16 Å². The first-order valence-corrected chi connectivity index (χ1v) is 6.88. The SMILES string of the molecule is COc1ccc(CO/N=C\c2cccc(OC)c2OC)cc1F. The van der Waals surface area contributed by atoms with Gasteiger partial charge in [0, 0.05) is 5.56 Å². The van der Waals surface area contributed by atoms with Gasteiger partial charge in [-0.15, -0.1) is 0 Å². The fraction of sp³-hybridized carbons (Fsp3) is 0.235. The second-order valence-corrected chi connectivity index (χ2v) is 4.56. The smallest absolute Gasteiger partial charge is 0.169 e. The van der Waals surface area contributed by atoms with Crippen LogP contribution in [0.25, 0.3) is 0 Å². The van der Waals surface area contributed by atoms with Crippen LogP contribution in [0.3, 0.4) is 0 Å². The molecule has 0 aromatic heterocycles. The molecule has 6 heteroatoms. The Hall–Kier alpha value is -2.76. The topological polar surface area (TPSA) is 49.3 Å². The van der Waals surface area contributed by atoms with Crippen molar-refractivity contribution in [2.45, 2.75) is 6.61 Å². The van der Waals surface area contributed by atoms with Crippen molar-refractivity contribution in [1.82, 2.24) is 0 Å². The Morgan fingerprint density at radius 3 is 2.43 bits per heavy atom. The largest absolute Gasteiger partial charge is 0.494 e. The number of ether oxygens (including phenoxy) is 3. The second kappa shape index (κ2) is 8.03. The van der Waals surface area contributed by atoms with Gasteiger partial charge in [0.25, 0.3) is 0 Å². The predicted octanol–water partition coefficient (Wildman–Crippen LogP) is 3.40. The maximum atomic E-state index is 13.6. The van der Waals surface area contributed by atoms with Crippen LogP contribution in [-0.4, -0.2) is 27.5 Å². The van der Waals surface area contributed by atoms with E-state index in [1.165, 1.54) is 19.4 Å². The molecule has 2 rings (SSSR count). The predicted molar refractivity (Wildman–Crippen MR) is 84.9 cm³/mol. The average Bonchev–Trinajstić information content (AvgIpc) is 2.58. The minimum Gasteiger partial charge on any atom is -0.494 e. The molecule has 0 amide bonds. The van der Waals surface area contributed by atoms with E-state index in [0.717, 1.165) is 0 Å². The summed E-state index contributed by atoms with van der Waals surface area (Å²) in [6.45, 7) is 0.143. The van der Waals surface area contributed by atoms with Crippen LogP contribution in [0.2, 0.25) is 0 Å². The standard InChI is InChI=1S/C17H18FNO4/c1-20-15-8-7-12(9-14(15)18)11-23-19-10-13-5-4-6-16(21-2)17(13)22-3/h4-10H,11H2,1-3H3/b19-10-. The normalized spacial score (nSPS) is 10.6. The molecule has 0 fully saturated rings. The molecule has 0 saturated carbocycles. The molecule has 5 nitrogen and oxygen atoms in total. The third-order valence-corrected chi connectivity index (χ3v) is 3.15. The van der Waals surface area contributed by atoms with E-state index in [0.29, 0.717) is 22.6 Å². The van der Waals surface area contributed by atoms with Crippen LogP contribution in [-0.2, 0) is 11.4 Å². The molecular formula is C17H18FNO4. The zero-order chi connectivity index (χ0) is 16.7. The number of benzene rings is 2. The third kappa shape index (κ3) is 4.12. The molecule has 0 radical (unpaired) electrons. The highest BCUT2D eigenvalue weighted by atomic mass is 19.1. The highest BCUT2D eigenvalue weighted by molar-refractivity contribution is 5.84. The fourth-order valence-corrected chi connectivity index (χ4v) is 2.02. The first-order valence-electron chi connectivity index (χ1n) is 6.88. The van der Waals surface area contributed by atoms with E-state index < -0.39 is 5.82 Å². The minimum absolute atomic E-state index is 0.143. The zero-order valence-corrected chi connectivity index (χ0v) is 13.2. The lowest BCUT2D eigenvalue weighted by atomic mass is 10.2. The first-order chi connectivity index (χ1) is 11.2. The molecule has 0 aliphatic heterocycles. The van der Waals surface area contributed by atoms with Crippen LogP contribution >= 0.6 is 0 Å². The van der Waals surface area contributed by atoms with E-state index in [-0.39, 0.29) is 12.4 Å². The molecule has 0 bridgehead atoms. The lowest BCUT2D eigenvalue weighted by molar-refractivity contribution is 0.132. The molecule has 0 saturated heterocycles. The average molecular weight is 319 g/mol. The lowest BCUT2D eigenvalue weighted by Gasteiger charge is -2.09. The Kier molecular flexibility index (Phi) is 5.80. The highest BCUT2D eigenvalue weighted by Crippen LogP contribution is 2.29. The van der Waals surface area contributed by atoms with Gasteiger partial charge in [-0.3, -0.25) is 0 Å². The lowest BCUT2D eigenvalue weighted by Crippen LogP contribution is -1.96. The molecule has 0 atom stereocenters. The van der Waals surface area contributed by atoms with Crippen molar-refractivity contribution in [3.8, 4) is 17.2 Å². The van der Waals surface area contributed by atoms with E-state index in [9.17, 15) is 4.39 Å². The zero-order valence-electron chi connectivity index (χ0n) is 13.2. The molecule has 2 aromatic carbocycles. The summed E-state index contributed by atoms with van der Waals surface area (Å²) in [6.07, 6.45) is 1.52. The van der Waals surface area contributed by atoms with Crippen LogP contribution in [0.5, 0.6) is 17.2 Å². The summed E-state index contributed by atoms with van der Waals surface area (Å²) in [7, 11) is 4.53. The summed E-state index contributed by atoms with van der Waals surface area (Å²) in [4.78, 5) is 5.19. The molecule has 0 aliphatic rings. The summed E-state index contributed by atoms with van der Waals surface area (Å²) in [5.41, 5.74) is 1.37. The summed E-state index contributed by atoms with van der Waals surface area (Å²) < 4.78 is 28.9. The van der Waals surface area contributed by atoms with E-state index in [1.54, 1.807) is 32.4 Å². The number of methoxy groups -OCH3 is 3. The maximum Gasteiger partial charge on any atom is 0.169 e. The number of hydrogen-bond acceptors (Lipinski definition) is 5.